The molecule has 6 heteroatoms. The number of nitrogens with one attached hydrogen (secondary N) is 1. The molecular formula is C23H38ClN2O3-. The maximum absolute atomic E-state index is 12.5. The molecule has 5 nitrogen and oxygen atoms in total. The van der Waals surface area contributed by atoms with Crippen LogP contribution in [0, 0.1) is 0 Å². The third-order valence-electron chi connectivity index (χ3n) is 5.43. The van der Waals surface area contributed by atoms with Gasteiger partial charge in [-0.3, -0.25) is 9.69 Å². The number of aliphatic hydroxyl groups is 1. The van der Waals surface area contributed by atoms with Gasteiger partial charge in [0.2, 0.25) is 5.91 Å². The van der Waals surface area contributed by atoms with Gasteiger partial charge < -0.3 is 27.6 Å². The third-order valence-corrected chi connectivity index (χ3v) is 5.43. The van der Waals surface area contributed by atoms with Gasteiger partial charge in [-0.25, -0.2) is 0 Å². The van der Waals surface area contributed by atoms with Gasteiger partial charge >= 0.3 is 0 Å². The average molecular weight is 426 g/mol. The third kappa shape index (κ3) is 10.4. The Balaban J connectivity index is 0.00000420. The molecule has 2 N–H and O–H groups in total. The molecule has 1 heterocycles. The first-order valence-electron chi connectivity index (χ1n) is 11.0. The van der Waals surface area contributed by atoms with Crippen LogP contribution in [-0.2, 0) is 9.53 Å². The van der Waals surface area contributed by atoms with Crippen molar-refractivity contribution in [3.63, 3.8) is 0 Å². The molecule has 1 aromatic carbocycles. The van der Waals surface area contributed by atoms with E-state index in [4.69, 9.17) is 4.74 Å². The molecule has 0 aliphatic carbocycles. The maximum Gasteiger partial charge on any atom is 0.220 e. The quantitative estimate of drug-likeness (QED) is 0.456. The Labute approximate surface area is 182 Å². The van der Waals surface area contributed by atoms with Crippen LogP contribution in [0.2, 0.25) is 0 Å². The zero-order valence-electron chi connectivity index (χ0n) is 17.8. The molecule has 1 aromatic rings. The molecule has 0 spiro atoms. The highest BCUT2D eigenvalue weighted by molar-refractivity contribution is 5.76. The van der Waals surface area contributed by atoms with Crippen molar-refractivity contribution in [1.29, 1.82) is 0 Å². The van der Waals surface area contributed by atoms with Gasteiger partial charge in [-0.1, -0.05) is 75.8 Å². The number of hydrogen-bond acceptors (Lipinski definition) is 4. The van der Waals surface area contributed by atoms with Gasteiger partial charge in [-0.2, -0.15) is 0 Å². The number of ether oxygens (including phenoxy) is 1. The Morgan fingerprint density at radius 1 is 1.07 bits per heavy atom. The summed E-state index contributed by atoms with van der Waals surface area (Å²) in [5.74, 6) is 0.0433. The predicted molar refractivity (Wildman–Crippen MR) is 113 cm³/mol. The summed E-state index contributed by atoms with van der Waals surface area (Å²) in [7, 11) is 0. The van der Waals surface area contributed by atoms with Crippen molar-refractivity contribution in [3.05, 3.63) is 35.9 Å². The zero-order chi connectivity index (χ0) is 20.0. The van der Waals surface area contributed by atoms with Crippen molar-refractivity contribution in [2.24, 2.45) is 0 Å². The Kier molecular flexibility index (Phi) is 14.0. The van der Waals surface area contributed by atoms with Gasteiger partial charge in [0.15, 0.2) is 0 Å². The van der Waals surface area contributed by atoms with E-state index in [2.05, 4.69) is 17.1 Å². The summed E-state index contributed by atoms with van der Waals surface area (Å²) in [5.41, 5.74) is 0.844. The molecule has 1 saturated heterocycles. The monoisotopic (exact) mass is 425 g/mol. The minimum Gasteiger partial charge on any atom is -1.00 e. The molecule has 2 atom stereocenters. The van der Waals surface area contributed by atoms with E-state index in [1.54, 1.807) is 0 Å². The van der Waals surface area contributed by atoms with Crippen LogP contribution in [-0.4, -0.2) is 54.8 Å². The molecule has 2 rings (SSSR count). The molecule has 1 aliphatic rings. The Bertz CT molecular complexity index is 538. The fraction of sp³-hybridized carbons (Fsp3) is 0.696. The number of morpholine rings is 1. The number of hydrogen-bond donors (Lipinski definition) is 2. The summed E-state index contributed by atoms with van der Waals surface area (Å²) in [6, 6.07) is 9.30. The molecule has 0 radical (unpaired) electrons. The number of aliphatic hydroxyl groups excluding tert-OH is 1. The summed E-state index contributed by atoms with van der Waals surface area (Å²) in [5, 5.41) is 14.0. The molecule has 1 unspecified atom stereocenters. The van der Waals surface area contributed by atoms with Crippen molar-refractivity contribution in [2.75, 3.05) is 32.8 Å². The van der Waals surface area contributed by atoms with Gasteiger partial charge in [-0.15, -0.1) is 0 Å². The van der Waals surface area contributed by atoms with Crippen LogP contribution in [0.3, 0.4) is 0 Å². The SMILES string of the molecule is CCCCCCCCCC(=O)NC(CN1CCOCC1)[C@H](O)c1ccccc1.[Cl-]. The Morgan fingerprint density at radius 2 is 1.69 bits per heavy atom. The molecule has 0 bridgehead atoms. The molecule has 0 aromatic heterocycles. The smallest absolute Gasteiger partial charge is 0.220 e. The number of nitrogens with zero attached hydrogens (tertiary/aromatic N) is 1. The number of carbonyl (C=O) groups is 1. The van der Waals surface area contributed by atoms with Gasteiger partial charge in [0.05, 0.1) is 19.3 Å². The lowest BCUT2D eigenvalue weighted by Crippen LogP contribution is -3.00. The van der Waals surface area contributed by atoms with E-state index in [9.17, 15) is 9.90 Å². The lowest BCUT2D eigenvalue weighted by molar-refractivity contribution is -0.123. The van der Waals surface area contributed by atoms with Crippen molar-refractivity contribution in [2.45, 2.75) is 70.4 Å². The number of carbonyl (C=O) groups excluding carboxylic acids is 1. The summed E-state index contributed by atoms with van der Waals surface area (Å²) >= 11 is 0. The molecular weight excluding hydrogens is 388 g/mol. The van der Waals surface area contributed by atoms with Gasteiger partial charge in [0, 0.05) is 26.1 Å². The summed E-state index contributed by atoms with van der Waals surface area (Å²) in [6.45, 7) is 5.96. The second kappa shape index (κ2) is 15.7. The van der Waals surface area contributed by atoms with Crippen LogP contribution in [0.1, 0.15) is 70.0 Å². The summed E-state index contributed by atoms with van der Waals surface area (Å²) < 4.78 is 5.42. The molecule has 1 amide bonds. The zero-order valence-corrected chi connectivity index (χ0v) is 18.6. The fourth-order valence-corrected chi connectivity index (χ4v) is 3.69. The van der Waals surface area contributed by atoms with Gasteiger partial charge in [0.1, 0.15) is 6.10 Å². The standard InChI is InChI=1S/C23H38N2O3.ClH/c1-2-3-4-5-6-7-11-14-22(26)24-21(19-25-15-17-28-18-16-25)23(27)20-12-9-8-10-13-20;/h8-10,12-13,21,23,27H,2-7,11,14-19H2,1H3,(H,24,26);1H/p-1/t21?,23-;/m1./s1. The highest BCUT2D eigenvalue weighted by Crippen LogP contribution is 2.18. The fourth-order valence-electron chi connectivity index (χ4n) is 3.69. The van der Waals surface area contributed by atoms with E-state index in [1.165, 1.54) is 32.1 Å². The molecule has 0 saturated carbocycles. The lowest BCUT2D eigenvalue weighted by atomic mass is 10.0. The second-order valence-electron chi connectivity index (χ2n) is 7.81. The number of unbranched alkanes of at least 4 members (excludes halogenated alkanes) is 6. The molecule has 29 heavy (non-hydrogen) atoms. The van der Waals surface area contributed by atoms with Crippen molar-refractivity contribution in [3.8, 4) is 0 Å². The molecule has 1 aliphatic heterocycles. The van der Waals surface area contributed by atoms with E-state index >= 15 is 0 Å². The lowest BCUT2D eigenvalue weighted by Gasteiger charge is -2.33. The first kappa shape index (κ1) is 25.9. The topological polar surface area (TPSA) is 61.8 Å². The largest absolute Gasteiger partial charge is 1.00 e. The van der Waals surface area contributed by atoms with Crippen LogP contribution in [0.5, 0.6) is 0 Å². The average Bonchev–Trinajstić information content (AvgIpc) is 2.73. The summed E-state index contributed by atoms with van der Waals surface area (Å²) in [4.78, 5) is 14.8. The van der Waals surface area contributed by atoms with Crippen molar-refractivity contribution >= 4 is 5.91 Å². The number of rotatable bonds is 13. The maximum atomic E-state index is 12.5. The van der Waals surface area contributed by atoms with Crippen LogP contribution in [0.25, 0.3) is 0 Å². The Morgan fingerprint density at radius 3 is 2.34 bits per heavy atom. The van der Waals surface area contributed by atoms with Gasteiger partial charge in [-0.05, 0) is 12.0 Å². The highest BCUT2D eigenvalue weighted by atomic mass is 35.5. The van der Waals surface area contributed by atoms with E-state index in [1.807, 2.05) is 30.3 Å². The highest BCUT2D eigenvalue weighted by Gasteiger charge is 2.26. The van der Waals surface area contributed by atoms with Crippen LogP contribution < -0.4 is 17.7 Å². The first-order chi connectivity index (χ1) is 13.7. The first-order valence-corrected chi connectivity index (χ1v) is 11.0. The van der Waals surface area contributed by atoms with E-state index in [-0.39, 0.29) is 24.4 Å². The van der Waals surface area contributed by atoms with Crippen LogP contribution in [0.4, 0.5) is 0 Å². The Hall–Kier alpha value is -1.14. The van der Waals surface area contributed by atoms with E-state index < -0.39 is 6.10 Å². The number of halogens is 1. The minimum absolute atomic E-state index is 0. The van der Waals surface area contributed by atoms with Crippen LogP contribution in [0.15, 0.2) is 30.3 Å². The van der Waals surface area contributed by atoms with Gasteiger partial charge in [0.25, 0.3) is 0 Å². The predicted octanol–water partition coefficient (Wildman–Crippen LogP) is 0.682. The van der Waals surface area contributed by atoms with E-state index in [0.29, 0.717) is 26.2 Å². The van der Waals surface area contributed by atoms with Crippen LogP contribution >= 0.6 is 0 Å². The van der Waals surface area contributed by atoms with Crippen molar-refractivity contribution < 1.29 is 27.0 Å². The van der Waals surface area contributed by atoms with E-state index in [0.717, 1.165) is 31.5 Å². The minimum atomic E-state index is -0.706. The second-order valence-corrected chi connectivity index (χ2v) is 7.81. The number of benzene rings is 1. The van der Waals surface area contributed by atoms with Crippen molar-refractivity contribution in [1.82, 2.24) is 10.2 Å². The summed E-state index contributed by atoms with van der Waals surface area (Å²) in [6.07, 6.45) is 8.19. The normalized spacial score (nSPS) is 16.6. The molecule has 1 fully saturated rings. The molecule has 166 valence electrons. The number of amides is 1.